The van der Waals surface area contributed by atoms with Crippen molar-refractivity contribution in [2.75, 3.05) is 13.2 Å². The summed E-state index contributed by atoms with van der Waals surface area (Å²) in [5.74, 6) is -0.141. The van der Waals surface area contributed by atoms with Crippen LogP contribution in [0.15, 0.2) is 24.3 Å². The Labute approximate surface area is 135 Å². The second-order valence-electron chi connectivity index (χ2n) is 5.54. The Morgan fingerprint density at radius 1 is 1.35 bits per heavy atom. The maximum Gasteiger partial charge on any atom is 0.272 e. The van der Waals surface area contributed by atoms with Gasteiger partial charge in [0.15, 0.2) is 5.69 Å². The number of ether oxygens (including phenoxy) is 1. The fourth-order valence-electron chi connectivity index (χ4n) is 2.76. The highest BCUT2D eigenvalue weighted by Crippen LogP contribution is 2.16. The molecule has 0 atom stereocenters. The van der Waals surface area contributed by atoms with Gasteiger partial charge in [-0.05, 0) is 18.1 Å². The van der Waals surface area contributed by atoms with Gasteiger partial charge >= 0.3 is 0 Å². The molecular formula is C17H22N4O2. The topological polar surface area (TPSA) is 79.0 Å². The van der Waals surface area contributed by atoms with Gasteiger partial charge in [-0.15, -0.1) is 0 Å². The smallest absolute Gasteiger partial charge is 0.272 e. The van der Waals surface area contributed by atoms with E-state index >= 15 is 0 Å². The monoisotopic (exact) mass is 314 g/mol. The Morgan fingerprint density at radius 3 is 3.00 bits per heavy atom. The zero-order valence-electron chi connectivity index (χ0n) is 13.3. The van der Waals surface area contributed by atoms with Crippen molar-refractivity contribution in [2.45, 2.75) is 33.0 Å². The van der Waals surface area contributed by atoms with E-state index in [0.29, 0.717) is 32.0 Å². The number of aromatic nitrogens is 2. The van der Waals surface area contributed by atoms with E-state index in [1.165, 1.54) is 0 Å². The minimum Gasteiger partial charge on any atom is -0.377 e. The number of fused-ring (bicyclic) bond motifs is 1. The summed E-state index contributed by atoms with van der Waals surface area (Å²) in [6.07, 6.45) is 0.882. The highest BCUT2D eigenvalue weighted by Gasteiger charge is 2.21. The Bertz CT molecular complexity index is 681. The first-order valence-corrected chi connectivity index (χ1v) is 7.99. The lowest BCUT2D eigenvalue weighted by Gasteiger charge is -2.13. The third-order valence-electron chi connectivity index (χ3n) is 4.04. The van der Waals surface area contributed by atoms with Crippen LogP contribution in [0.4, 0.5) is 0 Å². The quantitative estimate of drug-likeness (QED) is 0.755. The Hall–Kier alpha value is -2.18. The fraction of sp³-hybridized carbons (Fsp3) is 0.412. The van der Waals surface area contributed by atoms with Crippen LogP contribution in [0.5, 0.6) is 0 Å². The van der Waals surface area contributed by atoms with E-state index in [1.54, 1.807) is 0 Å². The van der Waals surface area contributed by atoms with Crippen molar-refractivity contribution in [2.24, 2.45) is 0 Å². The van der Waals surface area contributed by atoms with Crippen molar-refractivity contribution in [1.82, 2.24) is 20.8 Å². The van der Waals surface area contributed by atoms with E-state index in [9.17, 15) is 4.79 Å². The molecule has 122 valence electrons. The number of hydrogen-bond acceptors (Lipinski definition) is 4. The molecule has 1 aliphatic rings. The molecule has 3 N–H and O–H groups in total. The van der Waals surface area contributed by atoms with Crippen LogP contribution >= 0.6 is 0 Å². The molecule has 0 radical (unpaired) electrons. The van der Waals surface area contributed by atoms with E-state index in [1.807, 2.05) is 31.2 Å². The predicted molar refractivity (Wildman–Crippen MR) is 86.9 cm³/mol. The van der Waals surface area contributed by atoms with Gasteiger partial charge in [0.05, 0.1) is 6.61 Å². The molecule has 0 saturated heterocycles. The van der Waals surface area contributed by atoms with Crippen LogP contribution < -0.4 is 10.6 Å². The number of aromatic amines is 1. The van der Waals surface area contributed by atoms with Gasteiger partial charge in [-0.25, -0.2) is 0 Å². The molecular weight excluding hydrogens is 292 g/mol. The van der Waals surface area contributed by atoms with Gasteiger partial charge < -0.3 is 15.4 Å². The van der Waals surface area contributed by atoms with E-state index in [2.05, 4.69) is 20.8 Å². The van der Waals surface area contributed by atoms with Crippen LogP contribution in [0, 0.1) is 0 Å². The number of hydrogen-bond donors (Lipinski definition) is 3. The molecule has 0 bridgehead atoms. The molecule has 2 heterocycles. The number of amides is 1. The largest absolute Gasteiger partial charge is 0.377 e. The number of H-pyrrole nitrogens is 1. The van der Waals surface area contributed by atoms with E-state index in [-0.39, 0.29) is 5.91 Å². The normalized spacial score (nSPS) is 13.6. The molecule has 0 aliphatic carbocycles. The number of nitrogens with one attached hydrogen (secondary N) is 3. The lowest BCUT2D eigenvalue weighted by Crippen LogP contribution is -2.28. The minimum absolute atomic E-state index is 0.141. The molecule has 0 spiro atoms. The second-order valence-corrected chi connectivity index (χ2v) is 5.54. The lowest BCUT2D eigenvalue weighted by molar-refractivity contribution is 0.0943. The molecule has 0 unspecified atom stereocenters. The number of carbonyl (C=O) groups excluding carboxylic acids is 1. The summed E-state index contributed by atoms with van der Waals surface area (Å²) in [6, 6.07) is 7.99. The first-order chi connectivity index (χ1) is 11.3. The van der Waals surface area contributed by atoms with Crippen LogP contribution in [-0.4, -0.2) is 29.3 Å². The lowest BCUT2D eigenvalue weighted by atomic mass is 10.1. The van der Waals surface area contributed by atoms with Crippen molar-refractivity contribution in [3.63, 3.8) is 0 Å². The number of carbonyl (C=O) groups is 1. The van der Waals surface area contributed by atoms with Gasteiger partial charge in [0.1, 0.15) is 0 Å². The van der Waals surface area contributed by atoms with Crippen molar-refractivity contribution in [1.29, 1.82) is 0 Å². The molecule has 2 aromatic rings. The molecule has 6 heteroatoms. The minimum atomic E-state index is -0.141. The van der Waals surface area contributed by atoms with Gasteiger partial charge in [0.25, 0.3) is 5.91 Å². The highest BCUT2D eigenvalue weighted by atomic mass is 16.5. The number of benzene rings is 1. The van der Waals surface area contributed by atoms with E-state index in [0.717, 1.165) is 35.3 Å². The van der Waals surface area contributed by atoms with Crippen molar-refractivity contribution in [3.8, 4) is 0 Å². The maximum absolute atomic E-state index is 12.4. The maximum atomic E-state index is 12.4. The van der Waals surface area contributed by atoms with Crippen LogP contribution in [-0.2, 0) is 30.9 Å². The molecule has 1 amide bonds. The number of nitrogens with zero attached hydrogens (tertiary/aromatic N) is 1. The van der Waals surface area contributed by atoms with Crippen LogP contribution in [0.1, 0.15) is 39.8 Å². The summed E-state index contributed by atoms with van der Waals surface area (Å²) in [7, 11) is 0. The van der Waals surface area contributed by atoms with Gasteiger partial charge in [0.2, 0.25) is 0 Å². The molecule has 23 heavy (non-hydrogen) atoms. The summed E-state index contributed by atoms with van der Waals surface area (Å²) in [5, 5.41) is 13.4. The van der Waals surface area contributed by atoms with Gasteiger partial charge in [-0.1, -0.05) is 24.3 Å². The summed E-state index contributed by atoms with van der Waals surface area (Å²) >= 11 is 0. The van der Waals surface area contributed by atoms with Crippen molar-refractivity contribution in [3.05, 3.63) is 52.3 Å². The summed E-state index contributed by atoms with van der Waals surface area (Å²) < 4.78 is 5.48. The molecule has 1 aliphatic heterocycles. The van der Waals surface area contributed by atoms with Crippen LogP contribution in [0.25, 0.3) is 0 Å². The van der Waals surface area contributed by atoms with Crippen LogP contribution in [0.2, 0.25) is 0 Å². The van der Waals surface area contributed by atoms with Crippen molar-refractivity contribution >= 4 is 5.91 Å². The van der Waals surface area contributed by atoms with Crippen LogP contribution in [0.3, 0.4) is 0 Å². The third kappa shape index (κ3) is 3.60. The highest BCUT2D eigenvalue weighted by molar-refractivity contribution is 5.94. The second kappa shape index (κ2) is 7.39. The standard InChI is InChI=1S/C17H22N4O2/c1-2-23-11-13-6-4-3-5-12(13)9-19-17(22)16-14-10-18-8-7-15(14)20-21-16/h3-6,18H,2,7-11H2,1H3,(H,19,22)(H,20,21). The predicted octanol–water partition coefficient (Wildman–Crippen LogP) is 1.52. The third-order valence-corrected chi connectivity index (χ3v) is 4.04. The first-order valence-electron chi connectivity index (χ1n) is 7.99. The zero-order valence-corrected chi connectivity index (χ0v) is 13.3. The molecule has 3 rings (SSSR count). The summed E-state index contributed by atoms with van der Waals surface area (Å²) in [5.41, 5.74) is 4.70. The van der Waals surface area contributed by atoms with Gasteiger partial charge in [-0.2, -0.15) is 5.10 Å². The Morgan fingerprint density at radius 2 is 2.17 bits per heavy atom. The number of rotatable bonds is 6. The van der Waals surface area contributed by atoms with E-state index < -0.39 is 0 Å². The molecule has 0 saturated carbocycles. The summed E-state index contributed by atoms with van der Waals surface area (Å²) in [6.45, 7) is 5.28. The molecule has 1 aromatic heterocycles. The average molecular weight is 314 g/mol. The van der Waals surface area contributed by atoms with Gasteiger partial charge in [-0.3, -0.25) is 9.89 Å². The Kier molecular flexibility index (Phi) is 5.05. The van der Waals surface area contributed by atoms with Crippen molar-refractivity contribution < 1.29 is 9.53 Å². The fourth-order valence-corrected chi connectivity index (χ4v) is 2.76. The molecule has 1 aromatic carbocycles. The average Bonchev–Trinajstić information content (AvgIpc) is 3.02. The zero-order chi connectivity index (χ0) is 16.1. The molecule has 0 fully saturated rings. The summed E-state index contributed by atoms with van der Waals surface area (Å²) in [4.78, 5) is 12.4. The molecule has 6 nitrogen and oxygen atoms in total. The SMILES string of the molecule is CCOCc1ccccc1CNC(=O)c1n[nH]c2c1CNCC2. The van der Waals surface area contributed by atoms with E-state index in [4.69, 9.17) is 4.74 Å². The van der Waals surface area contributed by atoms with Gasteiger partial charge in [0, 0.05) is 43.9 Å². The Balaban J connectivity index is 1.66. The first kappa shape index (κ1) is 15.7.